The predicted octanol–water partition coefficient (Wildman–Crippen LogP) is 3.33. The highest BCUT2D eigenvalue weighted by atomic mass is 32.2. The number of rotatable bonds is 2. The lowest BCUT2D eigenvalue weighted by Crippen LogP contribution is -2.25. The lowest BCUT2D eigenvalue weighted by molar-refractivity contribution is 0.0601. The molecule has 1 aliphatic rings. The van der Waals surface area contributed by atoms with Crippen LogP contribution < -0.4 is 0 Å². The van der Waals surface area contributed by atoms with Crippen LogP contribution in [-0.2, 0) is 14.6 Å². The van der Waals surface area contributed by atoms with Gasteiger partial charge in [-0.1, -0.05) is 24.3 Å². The summed E-state index contributed by atoms with van der Waals surface area (Å²) in [5.74, 6) is 0.0509. The van der Waals surface area contributed by atoms with E-state index >= 15 is 0 Å². The molecule has 0 radical (unpaired) electrons. The van der Waals surface area contributed by atoms with Crippen molar-refractivity contribution in [2.45, 2.75) is 18.9 Å². The van der Waals surface area contributed by atoms with E-state index in [2.05, 4.69) is 16.7 Å². The number of para-hydroxylation sites is 1. The third-order valence-electron chi connectivity index (χ3n) is 5.02. The second-order valence-electron chi connectivity index (χ2n) is 6.49. The topological polar surface area (TPSA) is 65.4 Å². The quantitative estimate of drug-likeness (QED) is 0.660. The molecular weight excluding hydrogens is 338 g/mol. The Morgan fingerprint density at radius 2 is 1.72 bits per heavy atom. The number of hydrogen-bond acceptors (Lipinski definition) is 4. The lowest BCUT2D eigenvalue weighted by atomic mass is 10.1. The van der Waals surface area contributed by atoms with Crippen LogP contribution in [0.2, 0.25) is 0 Å². The first-order chi connectivity index (χ1) is 12.0. The van der Waals surface area contributed by atoms with E-state index in [1.54, 1.807) is 6.07 Å². The highest BCUT2D eigenvalue weighted by Crippen LogP contribution is 2.36. The number of carbonyl (C=O) groups is 1. The summed E-state index contributed by atoms with van der Waals surface area (Å²) in [4.78, 5) is 11.9. The molecule has 2 heterocycles. The van der Waals surface area contributed by atoms with E-state index in [-0.39, 0.29) is 23.5 Å². The summed E-state index contributed by atoms with van der Waals surface area (Å²) in [6.07, 6.45) is 1.19. The number of hydrogen-bond donors (Lipinski definition) is 0. The molecule has 6 heteroatoms. The molecule has 1 aromatic heterocycles. The van der Waals surface area contributed by atoms with Crippen LogP contribution in [0.1, 0.15) is 29.2 Å². The molecule has 0 aliphatic carbocycles. The predicted molar refractivity (Wildman–Crippen MR) is 97.7 cm³/mol. The van der Waals surface area contributed by atoms with Gasteiger partial charge in [-0.15, -0.1) is 0 Å². The SMILES string of the molecule is COC(=O)c1ccc2c3ccccc3n(C3CCS(=O)(=O)CC3)c2c1. The maximum absolute atomic E-state index is 11.9. The molecule has 0 N–H and O–H groups in total. The van der Waals surface area contributed by atoms with Gasteiger partial charge in [0.1, 0.15) is 9.84 Å². The van der Waals surface area contributed by atoms with E-state index in [1.165, 1.54) is 7.11 Å². The van der Waals surface area contributed by atoms with E-state index in [0.717, 1.165) is 21.8 Å². The van der Waals surface area contributed by atoms with E-state index in [1.807, 2.05) is 24.3 Å². The molecule has 2 aromatic carbocycles. The Balaban J connectivity index is 1.94. The number of aromatic nitrogens is 1. The zero-order valence-corrected chi connectivity index (χ0v) is 14.8. The van der Waals surface area contributed by atoms with Crippen LogP contribution in [0.25, 0.3) is 21.8 Å². The summed E-state index contributed by atoms with van der Waals surface area (Å²) >= 11 is 0. The molecule has 1 fully saturated rings. The van der Waals surface area contributed by atoms with Crippen LogP contribution in [0.5, 0.6) is 0 Å². The van der Waals surface area contributed by atoms with Crippen molar-refractivity contribution >= 4 is 37.6 Å². The molecule has 1 aliphatic heterocycles. The van der Waals surface area contributed by atoms with Gasteiger partial charge in [-0.25, -0.2) is 13.2 Å². The zero-order chi connectivity index (χ0) is 17.6. The fraction of sp³-hybridized carbons (Fsp3) is 0.316. The van der Waals surface area contributed by atoms with E-state index in [0.29, 0.717) is 18.4 Å². The molecule has 0 bridgehead atoms. The first-order valence-corrected chi connectivity index (χ1v) is 10.1. The molecule has 0 amide bonds. The molecule has 3 aromatic rings. The van der Waals surface area contributed by atoms with Crippen molar-refractivity contribution in [3.63, 3.8) is 0 Å². The summed E-state index contributed by atoms with van der Waals surface area (Å²) in [5, 5.41) is 2.18. The van der Waals surface area contributed by atoms with Crippen molar-refractivity contribution in [1.82, 2.24) is 4.57 Å². The smallest absolute Gasteiger partial charge is 0.337 e. The summed E-state index contributed by atoms with van der Waals surface area (Å²) in [7, 11) is -1.56. The molecule has 0 spiro atoms. The number of methoxy groups -OCH3 is 1. The number of sulfone groups is 1. The van der Waals surface area contributed by atoms with Gasteiger partial charge in [0, 0.05) is 22.3 Å². The van der Waals surface area contributed by atoms with E-state index in [9.17, 15) is 13.2 Å². The zero-order valence-electron chi connectivity index (χ0n) is 13.9. The van der Waals surface area contributed by atoms with Crippen molar-refractivity contribution in [3.05, 3.63) is 48.0 Å². The van der Waals surface area contributed by atoms with Gasteiger partial charge in [-0.3, -0.25) is 0 Å². The maximum atomic E-state index is 11.9. The largest absolute Gasteiger partial charge is 0.465 e. The Kier molecular flexibility index (Phi) is 3.80. The van der Waals surface area contributed by atoms with Crippen LogP contribution in [0.3, 0.4) is 0 Å². The standard InChI is InChI=1S/C19H19NO4S/c1-24-19(21)13-6-7-16-15-4-2-3-5-17(15)20(18(16)12-13)14-8-10-25(22,23)11-9-14/h2-7,12,14H,8-11H2,1H3. The Labute approximate surface area is 146 Å². The molecule has 0 saturated carbocycles. The van der Waals surface area contributed by atoms with Crippen molar-refractivity contribution < 1.29 is 17.9 Å². The number of esters is 1. The third kappa shape index (κ3) is 2.70. The average Bonchev–Trinajstić information content (AvgIpc) is 2.95. The molecule has 0 unspecified atom stereocenters. The van der Waals surface area contributed by atoms with E-state index in [4.69, 9.17) is 4.74 Å². The fourth-order valence-corrected chi connectivity index (χ4v) is 5.24. The first-order valence-electron chi connectivity index (χ1n) is 8.31. The van der Waals surface area contributed by atoms with Gasteiger partial charge < -0.3 is 9.30 Å². The van der Waals surface area contributed by atoms with Gasteiger partial charge in [-0.2, -0.15) is 0 Å². The molecule has 5 nitrogen and oxygen atoms in total. The van der Waals surface area contributed by atoms with Crippen LogP contribution in [-0.4, -0.2) is 37.6 Å². The monoisotopic (exact) mass is 357 g/mol. The Bertz CT molecular complexity index is 1070. The second-order valence-corrected chi connectivity index (χ2v) is 8.80. The van der Waals surface area contributed by atoms with Gasteiger partial charge in [-0.05, 0) is 31.0 Å². The number of nitrogens with zero attached hydrogens (tertiary/aromatic N) is 1. The van der Waals surface area contributed by atoms with Crippen LogP contribution in [0, 0.1) is 0 Å². The van der Waals surface area contributed by atoms with Crippen molar-refractivity contribution in [2.24, 2.45) is 0 Å². The van der Waals surface area contributed by atoms with Crippen molar-refractivity contribution in [1.29, 1.82) is 0 Å². The highest BCUT2D eigenvalue weighted by Gasteiger charge is 2.27. The minimum atomic E-state index is -2.93. The van der Waals surface area contributed by atoms with Crippen LogP contribution in [0.4, 0.5) is 0 Å². The molecular formula is C19H19NO4S. The summed E-state index contributed by atoms with van der Waals surface area (Å²) < 4.78 is 30.7. The van der Waals surface area contributed by atoms with Crippen LogP contribution in [0.15, 0.2) is 42.5 Å². The third-order valence-corrected chi connectivity index (χ3v) is 6.74. The highest BCUT2D eigenvalue weighted by molar-refractivity contribution is 7.91. The minimum Gasteiger partial charge on any atom is -0.465 e. The Morgan fingerprint density at radius 1 is 1.04 bits per heavy atom. The number of ether oxygens (including phenoxy) is 1. The lowest BCUT2D eigenvalue weighted by Gasteiger charge is -2.25. The molecule has 130 valence electrons. The summed E-state index contributed by atoms with van der Waals surface area (Å²) in [5.41, 5.74) is 2.53. The molecule has 0 atom stereocenters. The Morgan fingerprint density at radius 3 is 2.44 bits per heavy atom. The second kappa shape index (κ2) is 5.88. The maximum Gasteiger partial charge on any atom is 0.337 e. The summed E-state index contributed by atoms with van der Waals surface area (Å²) in [6, 6.07) is 13.8. The first kappa shape index (κ1) is 16.1. The minimum absolute atomic E-state index is 0.110. The number of carbonyl (C=O) groups excluding carboxylic acids is 1. The summed E-state index contributed by atoms with van der Waals surface area (Å²) in [6.45, 7) is 0. The van der Waals surface area contributed by atoms with Gasteiger partial charge >= 0.3 is 5.97 Å². The molecule has 4 rings (SSSR count). The van der Waals surface area contributed by atoms with Crippen LogP contribution >= 0.6 is 0 Å². The van der Waals surface area contributed by atoms with E-state index < -0.39 is 9.84 Å². The number of fused-ring (bicyclic) bond motifs is 3. The molecule has 1 saturated heterocycles. The molecule has 25 heavy (non-hydrogen) atoms. The van der Waals surface area contributed by atoms with Gasteiger partial charge in [0.15, 0.2) is 0 Å². The number of benzene rings is 2. The van der Waals surface area contributed by atoms with Gasteiger partial charge in [0.05, 0.1) is 29.7 Å². The normalized spacial score (nSPS) is 17.8. The Hall–Kier alpha value is -2.34. The van der Waals surface area contributed by atoms with Crippen molar-refractivity contribution in [3.8, 4) is 0 Å². The van der Waals surface area contributed by atoms with Gasteiger partial charge in [0.25, 0.3) is 0 Å². The van der Waals surface area contributed by atoms with Crippen molar-refractivity contribution in [2.75, 3.05) is 18.6 Å². The fourth-order valence-electron chi connectivity index (χ4n) is 3.77. The van der Waals surface area contributed by atoms with Gasteiger partial charge in [0.2, 0.25) is 0 Å². The average molecular weight is 357 g/mol.